The van der Waals surface area contributed by atoms with E-state index in [1.807, 2.05) is 0 Å². The molecule has 2 amide bonds. The highest BCUT2D eigenvalue weighted by Crippen LogP contribution is 2.32. The molecule has 0 saturated carbocycles. The number of benzene rings is 2. The molecular formula is C18H11Cl4NO4. The molecule has 3 rings (SSSR count). The molecule has 0 aromatic heterocycles. The standard InChI is InChI=1S/C18H11Cl4NO4/c19-14-7-10(26-6-5-16(21)22)8-15(20)13(14)9-27-23-17(24)11-3-1-2-4-12(11)18(23)25/h1-5,7-8H,6,9H2. The van der Waals surface area contributed by atoms with E-state index in [1.54, 1.807) is 24.3 Å². The zero-order valence-corrected chi connectivity index (χ0v) is 16.6. The molecule has 0 bridgehead atoms. The van der Waals surface area contributed by atoms with Gasteiger partial charge < -0.3 is 4.74 Å². The third-order valence-electron chi connectivity index (χ3n) is 3.70. The van der Waals surface area contributed by atoms with E-state index in [0.717, 1.165) is 0 Å². The Morgan fingerprint density at radius 2 is 1.56 bits per heavy atom. The van der Waals surface area contributed by atoms with Crippen molar-refractivity contribution < 1.29 is 19.2 Å². The van der Waals surface area contributed by atoms with Gasteiger partial charge in [-0.2, -0.15) is 0 Å². The number of hydrogen-bond acceptors (Lipinski definition) is 4. The van der Waals surface area contributed by atoms with Crippen LogP contribution in [0.4, 0.5) is 0 Å². The van der Waals surface area contributed by atoms with Crippen molar-refractivity contribution >= 4 is 58.2 Å². The molecule has 5 nitrogen and oxygen atoms in total. The number of halogens is 4. The lowest BCUT2D eigenvalue weighted by atomic mass is 10.1. The Hall–Kier alpha value is -1.76. The first kappa shape index (κ1) is 20.0. The fourth-order valence-corrected chi connectivity index (χ4v) is 3.12. The van der Waals surface area contributed by atoms with Crippen molar-refractivity contribution in [3.8, 4) is 5.75 Å². The molecule has 0 fully saturated rings. The number of imide groups is 1. The summed E-state index contributed by atoms with van der Waals surface area (Å²) < 4.78 is 5.50. The molecule has 140 valence electrons. The molecule has 0 atom stereocenters. The lowest BCUT2D eigenvalue weighted by Crippen LogP contribution is -2.29. The maximum absolute atomic E-state index is 12.3. The second kappa shape index (κ2) is 8.50. The first-order valence-electron chi connectivity index (χ1n) is 7.61. The quantitative estimate of drug-likeness (QED) is 0.556. The summed E-state index contributed by atoms with van der Waals surface area (Å²) in [5, 5.41) is 1.22. The van der Waals surface area contributed by atoms with Crippen molar-refractivity contribution in [2.45, 2.75) is 6.61 Å². The maximum Gasteiger partial charge on any atom is 0.285 e. The average Bonchev–Trinajstić information content (AvgIpc) is 2.86. The summed E-state index contributed by atoms with van der Waals surface area (Å²) in [5.74, 6) is -0.666. The SMILES string of the molecule is O=C1c2ccccc2C(=O)N1OCc1c(Cl)cc(OCC=C(Cl)Cl)cc1Cl. The maximum atomic E-state index is 12.3. The molecule has 27 heavy (non-hydrogen) atoms. The fourth-order valence-electron chi connectivity index (χ4n) is 2.42. The fraction of sp³-hybridized carbons (Fsp3) is 0.111. The van der Waals surface area contributed by atoms with E-state index in [1.165, 1.54) is 18.2 Å². The number of amides is 2. The highest BCUT2D eigenvalue weighted by molar-refractivity contribution is 6.55. The lowest BCUT2D eigenvalue weighted by Gasteiger charge is -2.15. The van der Waals surface area contributed by atoms with E-state index in [2.05, 4.69) is 0 Å². The van der Waals surface area contributed by atoms with Crippen LogP contribution in [0.1, 0.15) is 26.3 Å². The first-order chi connectivity index (χ1) is 12.9. The smallest absolute Gasteiger partial charge is 0.285 e. The second-order valence-corrected chi connectivity index (χ2v) is 7.22. The number of fused-ring (bicyclic) bond motifs is 1. The van der Waals surface area contributed by atoms with Gasteiger partial charge >= 0.3 is 0 Å². The van der Waals surface area contributed by atoms with Gasteiger partial charge in [0.25, 0.3) is 11.8 Å². The van der Waals surface area contributed by atoms with E-state index >= 15 is 0 Å². The summed E-state index contributed by atoms with van der Waals surface area (Å²) in [6, 6.07) is 9.53. The summed E-state index contributed by atoms with van der Waals surface area (Å²) in [5.41, 5.74) is 0.983. The van der Waals surface area contributed by atoms with Gasteiger partial charge in [0.1, 0.15) is 23.5 Å². The van der Waals surface area contributed by atoms with Crippen molar-refractivity contribution in [3.63, 3.8) is 0 Å². The van der Waals surface area contributed by atoms with Crippen molar-refractivity contribution in [2.75, 3.05) is 6.61 Å². The van der Waals surface area contributed by atoms with Gasteiger partial charge in [0.15, 0.2) is 0 Å². The summed E-state index contributed by atoms with van der Waals surface area (Å²) in [7, 11) is 0. The van der Waals surface area contributed by atoms with E-state index in [9.17, 15) is 9.59 Å². The number of rotatable bonds is 6. The molecule has 0 aliphatic carbocycles. The molecule has 1 aliphatic heterocycles. The molecule has 0 spiro atoms. The minimum atomic E-state index is -0.535. The normalized spacial score (nSPS) is 13.0. The number of carbonyl (C=O) groups is 2. The Balaban J connectivity index is 1.71. The molecule has 9 heteroatoms. The largest absolute Gasteiger partial charge is 0.489 e. The molecule has 2 aromatic carbocycles. The van der Waals surface area contributed by atoms with Crippen molar-refractivity contribution in [3.05, 3.63) is 73.7 Å². The topological polar surface area (TPSA) is 55.8 Å². The monoisotopic (exact) mass is 445 g/mol. The van der Waals surface area contributed by atoms with E-state index < -0.39 is 11.8 Å². The van der Waals surface area contributed by atoms with Gasteiger partial charge in [-0.05, 0) is 30.3 Å². The first-order valence-corrected chi connectivity index (χ1v) is 9.12. The van der Waals surface area contributed by atoms with E-state index in [-0.39, 0.29) is 38.9 Å². The van der Waals surface area contributed by atoms with Crippen LogP contribution in [0.2, 0.25) is 10.0 Å². The van der Waals surface area contributed by atoms with Gasteiger partial charge in [0.2, 0.25) is 0 Å². The summed E-state index contributed by atoms with van der Waals surface area (Å²) in [6.07, 6.45) is 1.46. The van der Waals surface area contributed by atoms with Crippen LogP contribution >= 0.6 is 46.4 Å². The predicted molar refractivity (Wildman–Crippen MR) is 103 cm³/mol. The molecule has 0 radical (unpaired) electrons. The van der Waals surface area contributed by atoms with Gasteiger partial charge in [-0.1, -0.05) is 58.5 Å². The van der Waals surface area contributed by atoms with Gasteiger partial charge in [-0.15, -0.1) is 5.06 Å². The molecule has 0 saturated heterocycles. The lowest BCUT2D eigenvalue weighted by molar-refractivity contribution is -0.101. The van der Waals surface area contributed by atoms with E-state index in [4.69, 9.17) is 56.0 Å². The third kappa shape index (κ3) is 4.39. The Morgan fingerprint density at radius 1 is 1.00 bits per heavy atom. The molecule has 1 aliphatic rings. The van der Waals surface area contributed by atoms with Crippen molar-refractivity contribution in [2.24, 2.45) is 0 Å². The number of hydroxylamine groups is 2. The third-order valence-corrected chi connectivity index (χ3v) is 4.68. The average molecular weight is 447 g/mol. The Kier molecular flexibility index (Phi) is 6.29. The van der Waals surface area contributed by atoms with Crippen molar-refractivity contribution in [1.29, 1.82) is 0 Å². The van der Waals surface area contributed by atoms with Gasteiger partial charge in [0.05, 0.1) is 21.2 Å². The molecular weight excluding hydrogens is 436 g/mol. The van der Waals surface area contributed by atoms with Crippen LogP contribution in [0.25, 0.3) is 0 Å². The zero-order valence-electron chi connectivity index (χ0n) is 13.5. The Bertz CT molecular complexity index is 883. The van der Waals surface area contributed by atoms with Crippen LogP contribution in [-0.2, 0) is 11.4 Å². The van der Waals surface area contributed by atoms with Gasteiger partial charge in [-0.3, -0.25) is 14.4 Å². The number of ether oxygens (including phenoxy) is 1. The summed E-state index contributed by atoms with van der Waals surface area (Å²) >= 11 is 23.5. The second-order valence-electron chi connectivity index (χ2n) is 5.39. The van der Waals surface area contributed by atoms with Crippen LogP contribution in [0.3, 0.4) is 0 Å². The highest BCUT2D eigenvalue weighted by Gasteiger charge is 2.36. The van der Waals surface area contributed by atoms with Crippen molar-refractivity contribution in [1.82, 2.24) is 5.06 Å². The number of carbonyl (C=O) groups excluding carboxylic acids is 2. The minimum Gasteiger partial charge on any atom is -0.489 e. The Labute approximate surface area is 174 Å². The molecule has 0 unspecified atom stereocenters. The summed E-state index contributed by atoms with van der Waals surface area (Å²) in [6.45, 7) is -0.0310. The Morgan fingerprint density at radius 3 is 2.07 bits per heavy atom. The number of hydrogen-bond donors (Lipinski definition) is 0. The van der Waals surface area contributed by atoms with Crippen LogP contribution < -0.4 is 4.74 Å². The molecule has 1 heterocycles. The van der Waals surface area contributed by atoms with E-state index in [0.29, 0.717) is 16.4 Å². The van der Waals surface area contributed by atoms with Crippen LogP contribution in [0, 0.1) is 0 Å². The molecule has 2 aromatic rings. The summed E-state index contributed by atoms with van der Waals surface area (Å²) in [4.78, 5) is 30.0. The van der Waals surface area contributed by atoms with Crippen LogP contribution in [0.5, 0.6) is 5.75 Å². The molecule has 0 N–H and O–H groups in total. The van der Waals surface area contributed by atoms with Crippen LogP contribution in [-0.4, -0.2) is 23.5 Å². The minimum absolute atomic E-state index is 0.0816. The number of nitrogens with zero attached hydrogens (tertiary/aromatic N) is 1. The zero-order chi connectivity index (χ0) is 19.6. The predicted octanol–water partition coefficient (Wildman–Crippen LogP) is 5.42. The van der Waals surface area contributed by atoms with Gasteiger partial charge in [-0.25, -0.2) is 0 Å². The van der Waals surface area contributed by atoms with Gasteiger partial charge in [0, 0.05) is 5.56 Å². The highest BCUT2D eigenvalue weighted by atomic mass is 35.5. The van der Waals surface area contributed by atoms with Crippen LogP contribution in [0.15, 0.2) is 47.0 Å².